The van der Waals surface area contributed by atoms with Crippen molar-refractivity contribution in [3.8, 4) is 5.88 Å². The highest BCUT2D eigenvalue weighted by Crippen LogP contribution is 2.29. The van der Waals surface area contributed by atoms with Gasteiger partial charge in [0, 0.05) is 13.1 Å². The van der Waals surface area contributed by atoms with Gasteiger partial charge < -0.3 is 10.1 Å². The van der Waals surface area contributed by atoms with Crippen molar-refractivity contribution in [1.29, 1.82) is 0 Å². The van der Waals surface area contributed by atoms with E-state index in [0.29, 0.717) is 12.3 Å². The minimum Gasteiger partial charge on any atom is -0.471 e. The predicted octanol–water partition coefficient (Wildman–Crippen LogP) is 0.768. The highest BCUT2D eigenvalue weighted by molar-refractivity contribution is 5.45. The smallest absolute Gasteiger partial charge is 0.353 e. The third-order valence-corrected chi connectivity index (χ3v) is 2.91. The van der Waals surface area contributed by atoms with Crippen molar-refractivity contribution < 1.29 is 9.66 Å². The van der Waals surface area contributed by atoms with Crippen LogP contribution in [0.25, 0.3) is 0 Å². The topological polar surface area (TPSA) is 82.2 Å². The standard InChI is InChI=1S/C10H16N4O3/c1-7-9(14(15)16)10(13(2)12-7)17-6-8-4-3-5-11-8/h8,11H,3-6H2,1-2H3. The number of ether oxygens (including phenoxy) is 1. The molecule has 1 aliphatic rings. The molecule has 1 N–H and O–H groups in total. The Morgan fingerprint density at radius 2 is 2.47 bits per heavy atom. The first-order chi connectivity index (χ1) is 8.09. The molecule has 2 heterocycles. The molecule has 0 aromatic carbocycles. The summed E-state index contributed by atoms with van der Waals surface area (Å²) in [6.07, 6.45) is 2.17. The zero-order valence-electron chi connectivity index (χ0n) is 9.97. The summed E-state index contributed by atoms with van der Waals surface area (Å²) in [5.41, 5.74) is 0.345. The molecule has 1 atom stereocenters. The van der Waals surface area contributed by atoms with Crippen LogP contribution in [0.5, 0.6) is 5.88 Å². The molecule has 0 spiro atoms. The Morgan fingerprint density at radius 1 is 1.71 bits per heavy atom. The van der Waals surface area contributed by atoms with Gasteiger partial charge in [0.2, 0.25) is 0 Å². The highest BCUT2D eigenvalue weighted by atomic mass is 16.6. The summed E-state index contributed by atoms with van der Waals surface area (Å²) >= 11 is 0. The molecular weight excluding hydrogens is 224 g/mol. The lowest BCUT2D eigenvalue weighted by Gasteiger charge is -2.11. The Balaban J connectivity index is 2.11. The van der Waals surface area contributed by atoms with E-state index in [2.05, 4.69) is 10.4 Å². The maximum absolute atomic E-state index is 10.9. The fourth-order valence-corrected chi connectivity index (χ4v) is 2.08. The zero-order chi connectivity index (χ0) is 12.4. The molecule has 1 aliphatic heterocycles. The number of hydrogen-bond acceptors (Lipinski definition) is 5. The largest absolute Gasteiger partial charge is 0.471 e. The van der Waals surface area contributed by atoms with E-state index in [-0.39, 0.29) is 17.6 Å². The molecule has 7 heteroatoms. The molecule has 1 fully saturated rings. The molecule has 1 aromatic heterocycles. The van der Waals surface area contributed by atoms with Gasteiger partial charge in [-0.25, -0.2) is 4.68 Å². The second kappa shape index (κ2) is 4.70. The molecular formula is C10H16N4O3. The van der Waals surface area contributed by atoms with Gasteiger partial charge in [-0.05, 0) is 26.3 Å². The highest BCUT2D eigenvalue weighted by Gasteiger charge is 2.26. The van der Waals surface area contributed by atoms with Crippen molar-refractivity contribution in [2.24, 2.45) is 7.05 Å². The molecule has 0 bridgehead atoms. The van der Waals surface area contributed by atoms with Crippen LogP contribution >= 0.6 is 0 Å². The van der Waals surface area contributed by atoms with Crippen molar-refractivity contribution in [2.75, 3.05) is 13.2 Å². The number of nitro groups is 1. The van der Waals surface area contributed by atoms with Gasteiger partial charge in [0.15, 0.2) is 0 Å². The van der Waals surface area contributed by atoms with Crippen LogP contribution in [-0.2, 0) is 7.05 Å². The fourth-order valence-electron chi connectivity index (χ4n) is 2.08. The Bertz CT molecular complexity index is 423. The van der Waals surface area contributed by atoms with Crippen LogP contribution in [0.3, 0.4) is 0 Å². The molecule has 2 rings (SSSR count). The minimum absolute atomic E-state index is 0.0366. The predicted molar refractivity (Wildman–Crippen MR) is 61.1 cm³/mol. The van der Waals surface area contributed by atoms with Crippen LogP contribution in [0.15, 0.2) is 0 Å². The van der Waals surface area contributed by atoms with E-state index in [1.165, 1.54) is 4.68 Å². The van der Waals surface area contributed by atoms with Gasteiger partial charge in [-0.15, -0.1) is 0 Å². The minimum atomic E-state index is -0.445. The lowest BCUT2D eigenvalue weighted by molar-refractivity contribution is -0.386. The lowest BCUT2D eigenvalue weighted by atomic mass is 10.2. The first-order valence-electron chi connectivity index (χ1n) is 5.63. The maximum Gasteiger partial charge on any atom is 0.353 e. The monoisotopic (exact) mass is 240 g/mol. The summed E-state index contributed by atoms with van der Waals surface area (Å²) in [4.78, 5) is 10.5. The number of rotatable bonds is 4. The van der Waals surface area contributed by atoms with E-state index in [4.69, 9.17) is 4.74 Å². The number of aromatic nitrogens is 2. The van der Waals surface area contributed by atoms with E-state index in [0.717, 1.165) is 19.4 Å². The summed E-state index contributed by atoms with van der Waals surface area (Å²) in [6.45, 7) is 3.04. The van der Waals surface area contributed by atoms with Crippen LogP contribution in [0.4, 0.5) is 5.69 Å². The molecule has 1 saturated heterocycles. The number of nitrogens with one attached hydrogen (secondary N) is 1. The van der Waals surface area contributed by atoms with Crippen LogP contribution in [0.2, 0.25) is 0 Å². The van der Waals surface area contributed by atoms with Crippen LogP contribution in [0, 0.1) is 17.0 Å². The van der Waals surface area contributed by atoms with Crippen LogP contribution in [0.1, 0.15) is 18.5 Å². The summed E-state index contributed by atoms with van der Waals surface area (Å²) in [6, 6.07) is 0.282. The summed E-state index contributed by atoms with van der Waals surface area (Å²) in [5.74, 6) is 0.237. The van der Waals surface area contributed by atoms with Crippen molar-refractivity contribution in [3.05, 3.63) is 15.8 Å². The number of nitrogens with zero attached hydrogens (tertiary/aromatic N) is 3. The van der Waals surface area contributed by atoms with E-state index in [1.54, 1.807) is 14.0 Å². The molecule has 7 nitrogen and oxygen atoms in total. The van der Waals surface area contributed by atoms with E-state index in [9.17, 15) is 10.1 Å². The third kappa shape index (κ3) is 2.38. The quantitative estimate of drug-likeness (QED) is 0.620. The Morgan fingerprint density at radius 3 is 3.06 bits per heavy atom. The molecule has 0 radical (unpaired) electrons. The van der Waals surface area contributed by atoms with Crippen molar-refractivity contribution in [1.82, 2.24) is 15.1 Å². The maximum atomic E-state index is 10.9. The van der Waals surface area contributed by atoms with E-state index in [1.807, 2.05) is 0 Å². The molecule has 94 valence electrons. The molecule has 0 saturated carbocycles. The lowest BCUT2D eigenvalue weighted by Crippen LogP contribution is -2.28. The van der Waals surface area contributed by atoms with E-state index >= 15 is 0 Å². The Labute approximate surface area is 98.9 Å². The summed E-state index contributed by atoms with van der Waals surface area (Å²) in [7, 11) is 1.65. The van der Waals surface area contributed by atoms with Gasteiger partial charge in [0.1, 0.15) is 12.3 Å². The van der Waals surface area contributed by atoms with Crippen molar-refractivity contribution in [3.63, 3.8) is 0 Å². The van der Waals surface area contributed by atoms with Crippen molar-refractivity contribution >= 4 is 5.69 Å². The molecule has 1 unspecified atom stereocenters. The third-order valence-electron chi connectivity index (χ3n) is 2.91. The van der Waals surface area contributed by atoms with Crippen LogP contribution < -0.4 is 10.1 Å². The fraction of sp³-hybridized carbons (Fsp3) is 0.700. The molecule has 0 amide bonds. The van der Waals surface area contributed by atoms with Crippen molar-refractivity contribution in [2.45, 2.75) is 25.8 Å². The summed E-state index contributed by atoms with van der Waals surface area (Å²) < 4.78 is 6.95. The average Bonchev–Trinajstić information content (AvgIpc) is 2.83. The average molecular weight is 240 g/mol. The van der Waals surface area contributed by atoms with Crippen LogP contribution in [-0.4, -0.2) is 33.9 Å². The van der Waals surface area contributed by atoms with Gasteiger partial charge in [-0.2, -0.15) is 5.10 Å². The Kier molecular flexibility index (Phi) is 3.28. The molecule has 1 aromatic rings. The number of hydrogen-bond donors (Lipinski definition) is 1. The van der Waals surface area contributed by atoms with Gasteiger partial charge in [-0.3, -0.25) is 10.1 Å². The molecule has 17 heavy (non-hydrogen) atoms. The Hall–Kier alpha value is -1.63. The second-order valence-corrected chi connectivity index (χ2v) is 4.22. The zero-order valence-corrected chi connectivity index (χ0v) is 9.97. The second-order valence-electron chi connectivity index (χ2n) is 4.22. The number of aryl methyl sites for hydroxylation is 2. The van der Waals surface area contributed by atoms with E-state index < -0.39 is 4.92 Å². The first kappa shape index (κ1) is 11.8. The van der Waals surface area contributed by atoms with Gasteiger partial charge in [-0.1, -0.05) is 0 Å². The molecule has 0 aliphatic carbocycles. The van der Waals surface area contributed by atoms with Gasteiger partial charge in [0.05, 0.1) is 4.92 Å². The van der Waals surface area contributed by atoms with Gasteiger partial charge in [0.25, 0.3) is 5.88 Å². The first-order valence-corrected chi connectivity index (χ1v) is 5.63. The summed E-state index contributed by atoms with van der Waals surface area (Å²) in [5, 5.41) is 18.2. The normalized spacial score (nSPS) is 19.5. The SMILES string of the molecule is Cc1nn(C)c(OCC2CCCN2)c1[N+](=O)[O-]. The van der Waals surface area contributed by atoms with Gasteiger partial charge >= 0.3 is 5.69 Å².